The Balaban J connectivity index is 1.47. The molecule has 1 atom stereocenters. The first kappa shape index (κ1) is 18.4. The molecule has 1 amide bonds. The maximum atomic E-state index is 12.8. The van der Waals surface area contributed by atoms with E-state index in [4.69, 9.17) is 4.74 Å². The van der Waals surface area contributed by atoms with E-state index in [0.29, 0.717) is 28.4 Å². The number of hydrogen-bond acceptors (Lipinski definition) is 6. The van der Waals surface area contributed by atoms with Crippen LogP contribution >= 0.6 is 11.8 Å². The number of nitrogens with zero attached hydrogens (tertiary/aromatic N) is 3. The van der Waals surface area contributed by atoms with Crippen molar-refractivity contribution in [3.63, 3.8) is 0 Å². The number of carbonyl (C=O) groups excluding carboxylic acids is 2. The molecule has 0 radical (unpaired) electrons. The van der Waals surface area contributed by atoms with Gasteiger partial charge in [0, 0.05) is 29.1 Å². The number of thioether (sulfide) groups is 1. The van der Waals surface area contributed by atoms with Crippen LogP contribution in [-0.4, -0.2) is 40.2 Å². The molecule has 2 heterocycles. The van der Waals surface area contributed by atoms with E-state index in [0.717, 1.165) is 17.0 Å². The minimum Gasteiger partial charge on any atom is -0.452 e. The van der Waals surface area contributed by atoms with E-state index in [1.807, 2.05) is 24.3 Å². The molecule has 7 heteroatoms. The van der Waals surface area contributed by atoms with Crippen LogP contribution in [0.25, 0.3) is 11.0 Å². The van der Waals surface area contributed by atoms with E-state index in [1.54, 1.807) is 47.3 Å². The van der Waals surface area contributed by atoms with Gasteiger partial charge in [-0.3, -0.25) is 14.8 Å². The largest absolute Gasteiger partial charge is 0.452 e. The van der Waals surface area contributed by atoms with Crippen LogP contribution in [0.1, 0.15) is 23.7 Å². The zero-order chi connectivity index (χ0) is 19.5. The van der Waals surface area contributed by atoms with E-state index in [-0.39, 0.29) is 12.5 Å². The average Bonchev–Trinajstić information content (AvgIpc) is 2.89. The van der Waals surface area contributed by atoms with Crippen LogP contribution in [0.4, 0.5) is 5.69 Å². The Bertz CT molecular complexity index is 1040. The molecule has 1 aliphatic rings. The third-order valence-corrected chi connectivity index (χ3v) is 5.81. The highest BCUT2D eigenvalue weighted by molar-refractivity contribution is 8.00. The Hall–Kier alpha value is -2.93. The topological polar surface area (TPSA) is 72.4 Å². The van der Waals surface area contributed by atoms with Gasteiger partial charge in [0.2, 0.25) is 0 Å². The summed E-state index contributed by atoms with van der Waals surface area (Å²) in [5.41, 5.74) is 2.53. The van der Waals surface area contributed by atoms with Crippen molar-refractivity contribution in [3.05, 3.63) is 60.4 Å². The smallest absolute Gasteiger partial charge is 0.338 e. The number of esters is 1. The van der Waals surface area contributed by atoms with Crippen LogP contribution in [0, 0.1) is 0 Å². The number of rotatable bonds is 3. The van der Waals surface area contributed by atoms with Gasteiger partial charge >= 0.3 is 5.97 Å². The summed E-state index contributed by atoms with van der Waals surface area (Å²) in [5.74, 6) is -0.775. The Morgan fingerprint density at radius 1 is 1.14 bits per heavy atom. The molecule has 0 bridgehead atoms. The molecule has 2 aromatic carbocycles. The van der Waals surface area contributed by atoms with E-state index in [2.05, 4.69) is 16.9 Å². The van der Waals surface area contributed by atoms with Crippen LogP contribution in [0.2, 0.25) is 0 Å². The Morgan fingerprint density at radius 3 is 2.79 bits per heavy atom. The molecule has 6 nitrogen and oxygen atoms in total. The van der Waals surface area contributed by atoms with Gasteiger partial charge in [-0.25, -0.2) is 4.79 Å². The molecular formula is C21H19N3O3S. The standard InChI is InChI=1S/C21H19N3O3S/c1-14-8-11-24(18-4-2-3-5-19(18)28-14)20(25)13-27-21(26)15-6-7-16-17(12-15)23-10-9-22-16/h2-7,9-10,12,14H,8,11,13H2,1H3/t14-/m1/s1. The molecule has 0 unspecified atom stereocenters. The minimum absolute atomic E-state index is 0.226. The summed E-state index contributed by atoms with van der Waals surface area (Å²) in [6.07, 6.45) is 4.04. The quantitative estimate of drug-likeness (QED) is 0.632. The first-order valence-electron chi connectivity index (χ1n) is 9.06. The first-order chi connectivity index (χ1) is 13.6. The Morgan fingerprint density at radius 2 is 1.93 bits per heavy atom. The lowest BCUT2D eigenvalue weighted by Crippen LogP contribution is -2.35. The summed E-state index contributed by atoms with van der Waals surface area (Å²) < 4.78 is 5.29. The third-order valence-electron chi connectivity index (χ3n) is 4.58. The van der Waals surface area contributed by atoms with Gasteiger partial charge in [0.1, 0.15) is 0 Å². The minimum atomic E-state index is -0.549. The summed E-state index contributed by atoms with van der Waals surface area (Å²) in [5, 5.41) is 0.417. The van der Waals surface area contributed by atoms with Gasteiger partial charge in [0.05, 0.1) is 22.3 Å². The molecule has 0 saturated carbocycles. The molecule has 0 fully saturated rings. The van der Waals surface area contributed by atoms with Gasteiger partial charge in [0.25, 0.3) is 5.91 Å². The van der Waals surface area contributed by atoms with Gasteiger partial charge in [-0.15, -0.1) is 11.8 Å². The number of amides is 1. The monoisotopic (exact) mass is 393 g/mol. The van der Waals surface area contributed by atoms with E-state index < -0.39 is 5.97 Å². The molecule has 28 heavy (non-hydrogen) atoms. The predicted molar refractivity (Wildman–Crippen MR) is 109 cm³/mol. The highest BCUT2D eigenvalue weighted by Crippen LogP contribution is 2.37. The highest BCUT2D eigenvalue weighted by atomic mass is 32.2. The molecule has 0 spiro atoms. The molecule has 3 aromatic rings. The number of para-hydroxylation sites is 1. The lowest BCUT2D eigenvalue weighted by Gasteiger charge is -2.22. The van der Waals surface area contributed by atoms with Crippen molar-refractivity contribution in [3.8, 4) is 0 Å². The summed E-state index contributed by atoms with van der Waals surface area (Å²) in [6, 6.07) is 12.8. The van der Waals surface area contributed by atoms with Crippen molar-refractivity contribution in [1.82, 2.24) is 9.97 Å². The summed E-state index contributed by atoms with van der Waals surface area (Å²) in [6.45, 7) is 2.45. The molecule has 1 aromatic heterocycles. The van der Waals surface area contributed by atoms with Crippen LogP contribution < -0.4 is 4.90 Å². The molecule has 142 valence electrons. The second-order valence-corrected chi connectivity index (χ2v) is 8.05. The maximum absolute atomic E-state index is 12.8. The lowest BCUT2D eigenvalue weighted by atomic mass is 10.2. The van der Waals surface area contributed by atoms with Crippen molar-refractivity contribution in [2.24, 2.45) is 0 Å². The van der Waals surface area contributed by atoms with Gasteiger partial charge < -0.3 is 9.64 Å². The fraction of sp³-hybridized carbons (Fsp3) is 0.238. The molecule has 4 rings (SSSR count). The molecule has 1 aliphatic heterocycles. The lowest BCUT2D eigenvalue weighted by molar-refractivity contribution is -0.121. The van der Waals surface area contributed by atoms with Crippen molar-refractivity contribution in [2.45, 2.75) is 23.5 Å². The number of aromatic nitrogens is 2. The van der Waals surface area contributed by atoms with Gasteiger partial charge in [-0.05, 0) is 36.8 Å². The summed E-state index contributed by atoms with van der Waals surface area (Å²) in [4.78, 5) is 36.3. The van der Waals surface area contributed by atoms with Crippen LogP contribution in [0.15, 0.2) is 59.8 Å². The normalized spacial score (nSPS) is 16.3. The van der Waals surface area contributed by atoms with Crippen LogP contribution in [-0.2, 0) is 9.53 Å². The van der Waals surface area contributed by atoms with Gasteiger partial charge in [-0.2, -0.15) is 0 Å². The number of carbonyl (C=O) groups is 2. The first-order valence-corrected chi connectivity index (χ1v) is 9.94. The Labute approximate surface area is 166 Å². The maximum Gasteiger partial charge on any atom is 0.338 e. The second kappa shape index (κ2) is 7.98. The predicted octanol–water partition coefficient (Wildman–Crippen LogP) is 3.70. The van der Waals surface area contributed by atoms with E-state index in [9.17, 15) is 9.59 Å². The van der Waals surface area contributed by atoms with Crippen LogP contribution in [0.5, 0.6) is 0 Å². The number of anilines is 1. The van der Waals surface area contributed by atoms with Crippen molar-refractivity contribution in [2.75, 3.05) is 18.1 Å². The van der Waals surface area contributed by atoms with Crippen LogP contribution in [0.3, 0.4) is 0 Å². The summed E-state index contributed by atoms with van der Waals surface area (Å²) >= 11 is 1.76. The molecular weight excluding hydrogens is 374 g/mol. The number of hydrogen-bond donors (Lipinski definition) is 0. The van der Waals surface area contributed by atoms with E-state index >= 15 is 0 Å². The fourth-order valence-electron chi connectivity index (χ4n) is 3.12. The number of ether oxygens (including phenoxy) is 1. The number of fused-ring (bicyclic) bond motifs is 2. The third kappa shape index (κ3) is 3.84. The summed E-state index contributed by atoms with van der Waals surface area (Å²) in [7, 11) is 0. The van der Waals surface area contributed by atoms with Crippen molar-refractivity contribution < 1.29 is 14.3 Å². The highest BCUT2D eigenvalue weighted by Gasteiger charge is 2.25. The van der Waals surface area contributed by atoms with Gasteiger partial charge in [0.15, 0.2) is 6.61 Å². The number of benzene rings is 2. The zero-order valence-corrected chi connectivity index (χ0v) is 16.2. The SMILES string of the molecule is C[C@@H]1CCN(C(=O)COC(=O)c2ccc3nccnc3c2)c2ccccc2S1. The fourth-order valence-corrected chi connectivity index (χ4v) is 4.24. The average molecular weight is 393 g/mol. The molecule has 0 saturated heterocycles. The molecule has 0 aliphatic carbocycles. The van der Waals surface area contributed by atoms with Crippen molar-refractivity contribution in [1.29, 1.82) is 0 Å². The van der Waals surface area contributed by atoms with Crippen molar-refractivity contribution >= 4 is 40.4 Å². The Kier molecular flexibility index (Phi) is 5.25. The second-order valence-electron chi connectivity index (χ2n) is 6.57. The van der Waals surface area contributed by atoms with Gasteiger partial charge in [-0.1, -0.05) is 19.1 Å². The molecule has 0 N–H and O–H groups in total. The zero-order valence-electron chi connectivity index (χ0n) is 15.4. The van der Waals surface area contributed by atoms with E-state index in [1.165, 1.54) is 0 Å².